The zero-order valence-electron chi connectivity index (χ0n) is 16.4. The molecule has 0 aliphatic rings. The Morgan fingerprint density at radius 2 is 2.00 bits per heavy atom. The van der Waals surface area contributed by atoms with Crippen molar-refractivity contribution in [1.82, 2.24) is 9.97 Å². The van der Waals surface area contributed by atoms with Gasteiger partial charge in [-0.15, -0.1) is 0 Å². The van der Waals surface area contributed by atoms with Gasteiger partial charge in [-0.1, -0.05) is 6.07 Å². The fourth-order valence-electron chi connectivity index (χ4n) is 3.48. The summed E-state index contributed by atoms with van der Waals surface area (Å²) in [5.41, 5.74) is 1.32. The number of nitrogens with one attached hydrogen (secondary N) is 3. The number of aliphatic carboxylic acids is 1. The molecule has 10 heteroatoms. The van der Waals surface area contributed by atoms with Gasteiger partial charge in [-0.2, -0.15) is 0 Å². The SMILES string of the molecule is COc1cccc(NS(=O)(=O)c2ccc3[nH]c(=O)c4[nH]cc(CCC(=O)O)c4c3c2)c1. The molecule has 4 rings (SSSR count). The quantitative estimate of drug-likeness (QED) is 0.347. The summed E-state index contributed by atoms with van der Waals surface area (Å²) in [5, 5.41) is 10.0. The molecule has 0 radical (unpaired) electrons. The summed E-state index contributed by atoms with van der Waals surface area (Å²) in [6.07, 6.45) is 1.67. The molecule has 4 aromatic rings. The molecule has 2 aromatic heterocycles. The van der Waals surface area contributed by atoms with Crippen LogP contribution in [0.3, 0.4) is 0 Å². The monoisotopic (exact) mass is 441 g/mol. The van der Waals surface area contributed by atoms with Crippen LogP contribution in [0.5, 0.6) is 5.75 Å². The molecule has 2 heterocycles. The predicted molar refractivity (Wildman–Crippen MR) is 116 cm³/mol. The van der Waals surface area contributed by atoms with Crippen LogP contribution in [0.2, 0.25) is 0 Å². The van der Waals surface area contributed by atoms with E-state index in [9.17, 15) is 18.0 Å². The average Bonchev–Trinajstić information content (AvgIpc) is 3.17. The molecule has 0 fully saturated rings. The van der Waals surface area contributed by atoms with E-state index in [1.54, 1.807) is 30.5 Å². The lowest BCUT2D eigenvalue weighted by Gasteiger charge is -2.11. The summed E-state index contributed by atoms with van der Waals surface area (Å²) in [6.45, 7) is 0. The topological polar surface area (TPSA) is 141 Å². The number of sulfonamides is 1. The van der Waals surface area contributed by atoms with Gasteiger partial charge >= 0.3 is 5.97 Å². The molecule has 0 amide bonds. The Labute approximate surface area is 176 Å². The predicted octanol–water partition coefficient (Wildman–Crippen LogP) is 2.84. The third-order valence-corrected chi connectivity index (χ3v) is 6.32. The second-order valence-electron chi connectivity index (χ2n) is 6.96. The van der Waals surface area contributed by atoms with Crippen LogP contribution in [-0.4, -0.2) is 36.6 Å². The molecule has 0 aliphatic heterocycles. The van der Waals surface area contributed by atoms with Crippen molar-refractivity contribution in [2.45, 2.75) is 17.7 Å². The fourth-order valence-corrected chi connectivity index (χ4v) is 4.56. The molecule has 0 bridgehead atoms. The number of H-pyrrole nitrogens is 2. The lowest BCUT2D eigenvalue weighted by molar-refractivity contribution is -0.136. The molecular formula is C21H19N3O6S. The van der Waals surface area contributed by atoms with E-state index in [-0.39, 0.29) is 28.8 Å². The number of benzene rings is 2. The molecular weight excluding hydrogens is 422 g/mol. The Hall–Kier alpha value is -3.79. The number of methoxy groups -OCH3 is 1. The number of hydrogen-bond acceptors (Lipinski definition) is 5. The normalized spacial score (nSPS) is 11.6. The van der Waals surface area contributed by atoms with Crippen molar-refractivity contribution in [2.24, 2.45) is 0 Å². The number of aromatic nitrogens is 2. The van der Waals surface area contributed by atoms with Crippen LogP contribution in [0, 0.1) is 0 Å². The van der Waals surface area contributed by atoms with Crippen molar-refractivity contribution in [3.05, 3.63) is 64.6 Å². The first kappa shape index (κ1) is 20.5. The number of carboxylic acids is 1. The zero-order valence-corrected chi connectivity index (χ0v) is 17.2. The number of ether oxygens (including phenoxy) is 1. The van der Waals surface area contributed by atoms with Crippen molar-refractivity contribution in [2.75, 3.05) is 11.8 Å². The van der Waals surface area contributed by atoms with Crippen molar-refractivity contribution < 1.29 is 23.1 Å². The smallest absolute Gasteiger partial charge is 0.303 e. The van der Waals surface area contributed by atoms with E-state index in [0.717, 1.165) is 0 Å². The van der Waals surface area contributed by atoms with Gasteiger partial charge in [0, 0.05) is 35.0 Å². The molecule has 0 saturated carbocycles. The van der Waals surface area contributed by atoms with Gasteiger partial charge in [-0.25, -0.2) is 8.42 Å². The van der Waals surface area contributed by atoms with Crippen LogP contribution >= 0.6 is 0 Å². The Balaban J connectivity index is 1.83. The lowest BCUT2D eigenvalue weighted by Crippen LogP contribution is -2.13. The first-order chi connectivity index (χ1) is 14.8. The second-order valence-corrected chi connectivity index (χ2v) is 8.64. The van der Waals surface area contributed by atoms with Gasteiger partial charge in [-0.3, -0.25) is 14.3 Å². The number of anilines is 1. The maximum absolute atomic E-state index is 13.0. The van der Waals surface area contributed by atoms with Gasteiger partial charge in [0.05, 0.1) is 17.7 Å². The van der Waals surface area contributed by atoms with Crippen molar-refractivity contribution >= 4 is 43.5 Å². The Bertz CT molecular complexity index is 1470. The summed E-state index contributed by atoms with van der Waals surface area (Å²) in [5.74, 6) is -0.456. The Morgan fingerprint density at radius 1 is 1.19 bits per heavy atom. The number of fused-ring (bicyclic) bond motifs is 3. The molecule has 31 heavy (non-hydrogen) atoms. The molecule has 2 aromatic carbocycles. The Kier molecular flexibility index (Phi) is 5.15. The first-order valence-corrected chi connectivity index (χ1v) is 10.8. The van der Waals surface area contributed by atoms with Gasteiger partial charge in [-0.05, 0) is 42.3 Å². The van der Waals surface area contributed by atoms with Crippen LogP contribution in [0.1, 0.15) is 12.0 Å². The van der Waals surface area contributed by atoms with Crippen molar-refractivity contribution in [1.29, 1.82) is 0 Å². The van der Waals surface area contributed by atoms with Gasteiger partial charge in [0.1, 0.15) is 11.3 Å². The van der Waals surface area contributed by atoms with E-state index >= 15 is 0 Å². The van der Waals surface area contributed by atoms with Gasteiger partial charge < -0.3 is 19.8 Å². The molecule has 4 N–H and O–H groups in total. The highest BCUT2D eigenvalue weighted by Gasteiger charge is 2.18. The minimum atomic E-state index is -3.93. The highest BCUT2D eigenvalue weighted by Crippen LogP contribution is 2.29. The number of pyridine rings is 1. The van der Waals surface area contributed by atoms with Crippen LogP contribution < -0.4 is 15.0 Å². The summed E-state index contributed by atoms with van der Waals surface area (Å²) < 4.78 is 33.6. The highest BCUT2D eigenvalue weighted by atomic mass is 32.2. The van der Waals surface area contributed by atoms with E-state index in [0.29, 0.717) is 33.3 Å². The summed E-state index contributed by atoms with van der Waals surface area (Å²) in [6, 6.07) is 10.9. The fraction of sp³-hybridized carbons (Fsp3) is 0.143. The maximum Gasteiger partial charge on any atom is 0.303 e. The van der Waals surface area contributed by atoms with Gasteiger partial charge in [0.25, 0.3) is 15.6 Å². The van der Waals surface area contributed by atoms with Crippen LogP contribution in [0.4, 0.5) is 5.69 Å². The molecule has 9 nitrogen and oxygen atoms in total. The van der Waals surface area contributed by atoms with E-state index in [1.165, 1.54) is 25.3 Å². The number of aryl methyl sites for hydroxylation is 1. The zero-order chi connectivity index (χ0) is 22.2. The second kappa shape index (κ2) is 7.80. The number of rotatable bonds is 7. The van der Waals surface area contributed by atoms with E-state index in [2.05, 4.69) is 14.7 Å². The summed E-state index contributed by atoms with van der Waals surface area (Å²) in [4.78, 5) is 29.0. The van der Waals surface area contributed by atoms with E-state index in [1.807, 2.05) is 0 Å². The summed E-state index contributed by atoms with van der Waals surface area (Å²) >= 11 is 0. The first-order valence-electron chi connectivity index (χ1n) is 9.33. The van der Waals surface area contributed by atoms with Crippen molar-refractivity contribution in [3.8, 4) is 5.75 Å². The minimum Gasteiger partial charge on any atom is -0.497 e. The van der Waals surface area contributed by atoms with Crippen LogP contribution in [-0.2, 0) is 21.2 Å². The maximum atomic E-state index is 13.0. The molecule has 0 spiro atoms. The van der Waals surface area contributed by atoms with Crippen LogP contribution in [0.15, 0.2) is 58.4 Å². The third kappa shape index (κ3) is 3.97. The van der Waals surface area contributed by atoms with Crippen molar-refractivity contribution in [3.63, 3.8) is 0 Å². The summed E-state index contributed by atoms with van der Waals surface area (Å²) in [7, 11) is -2.44. The number of carboxylic acid groups (broad SMARTS) is 1. The van der Waals surface area contributed by atoms with E-state index < -0.39 is 16.0 Å². The lowest BCUT2D eigenvalue weighted by atomic mass is 10.0. The average molecular weight is 441 g/mol. The third-order valence-electron chi connectivity index (χ3n) is 4.94. The van der Waals surface area contributed by atoms with E-state index in [4.69, 9.17) is 9.84 Å². The molecule has 0 unspecified atom stereocenters. The highest BCUT2D eigenvalue weighted by molar-refractivity contribution is 7.92. The standard InChI is InChI=1S/C21H19N3O6S/c1-30-14-4-2-3-13(9-14)24-31(28,29)15-6-7-17-16(10-15)19-12(5-8-18(25)26)11-22-20(19)21(27)23-17/h2-4,6-7,9-11,22,24H,5,8H2,1H3,(H,23,27)(H,25,26). The van der Waals surface area contributed by atoms with Gasteiger partial charge in [0.15, 0.2) is 0 Å². The molecule has 0 aliphatic carbocycles. The molecule has 0 saturated heterocycles. The minimum absolute atomic E-state index is 0.00144. The van der Waals surface area contributed by atoms with Crippen LogP contribution in [0.25, 0.3) is 21.8 Å². The van der Waals surface area contributed by atoms with Gasteiger partial charge in [0.2, 0.25) is 0 Å². The number of carbonyl (C=O) groups is 1. The number of aromatic amines is 2. The molecule has 0 atom stereocenters. The molecule has 160 valence electrons. The largest absolute Gasteiger partial charge is 0.497 e. The Morgan fingerprint density at radius 3 is 2.74 bits per heavy atom. The number of hydrogen-bond donors (Lipinski definition) is 4.